The second-order valence-electron chi connectivity index (χ2n) is 9.00. The van der Waals surface area contributed by atoms with Crippen molar-refractivity contribution in [2.45, 2.75) is 13.8 Å². The van der Waals surface area contributed by atoms with Crippen molar-refractivity contribution in [3.8, 4) is 33.3 Å². The molecule has 40 heavy (non-hydrogen) atoms. The van der Waals surface area contributed by atoms with Crippen molar-refractivity contribution in [3.05, 3.63) is 90.4 Å². The summed E-state index contributed by atoms with van der Waals surface area (Å²) in [5.41, 5.74) is 11.6. The standard InChI is InChI=1S/C30H26N6O3S/c1-5-23(37)36-22-14-16(2)6-11-20(22)26-24(25-27(40-26)21(29(38)32-4)15-34-28(25)31)18-7-9-19(10-8-18)39-30-33-13-12-17(3)35-30/h5-15H,1H2,2-4H3,(H2,31,34)(H,32,38)(H,36,37). The fourth-order valence-corrected chi connectivity index (χ4v) is 5.68. The third-order valence-electron chi connectivity index (χ3n) is 6.20. The Bertz CT molecular complexity index is 1780. The van der Waals surface area contributed by atoms with Gasteiger partial charge in [0.1, 0.15) is 11.6 Å². The van der Waals surface area contributed by atoms with E-state index in [0.717, 1.165) is 32.8 Å². The second-order valence-corrected chi connectivity index (χ2v) is 10.0. The first-order chi connectivity index (χ1) is 19.3. The van der Waals surface area contributed by atoms with Crippen LogP contribution in [0.5, 0.6) is 11.8 Å². The number of aryl methyl sites for hydroxylation is 2. The summed E-state index contributed by atoms with van der Waals surface area (Å²) in [4.78, 5) is 38.7. The average molecular weight is 551 g/mol. The molecule has 0 spiro atoms. The molecule has 9 nitrogen and oxygen atoms in total. The SMILES string of the molecule is C=CC(=O)Nc1cc(C)ccc1-c1sc2c(C(=O)NC)cnc(N)c2c1-c1ccc(Oc2nccc(C)n2)cc1. The van der Waals surface area contributed by atoms with Crippen molar-refractivity contribution in [3.63, 3.8) is 0 Å². The molecule has 2 aromatic carbocycles. The van der Waals surface area contributed by atoms with Gasteiger partial charge in [-0.05, 0) is 55.3 Å². The molecule has 0 radical (unpaired) electrons. The molecule has 0 aliphatic rings. The number of amides is 2. The zero-order valence-electron chi connectivity index (χ0n) is 22.1. The lowest BCUT2D eigenvalue weighted by Gasteiger charge is -2.13. The van der Waals surface area contributed by atoms with Gasteiger partial charge in [-0.3, -0.25) is 9.59 Å². The topological polar surface area (TPSA) is 132 Å². The molecule has 5 aromatic rings. The molecule has 4 N–H and O–H groups in total. The number of ether oxygens (including phenoxy) is 1. The summed E-state index contributed by atoms with van der Waals surface area (Å²) in [5, 5.41) is 6.25. The fraction of sp³-hybridized carbons (Fsp3) is 0.100. The monoisotopic (exact) mass is 550 g/mol. The normalized spacial score (nSPS) is 10.8. The molecule has 0 saturated carbocycles. The van der Waals surface area contributed by atoms with E-state index in [9.17, 15) is 9.59 Å². The number of nitrogens with zero attached hydrogens (tertiary/aromatic N) is 3. The molecule has 2 amide bonds. The van der Waals surface area contributed by atoms with Crippen LogP contribution in [-0.2, 0) is 4.79 Å². The molecule has 5 rings (SSSR count). The van der Waals surface area contributed by atoms with Crippen LogP contribution in [-0.4, -0.2) is 33.8 Å². The van der Waals surface area contributed by atoms with Crippen molar-refractivity contribution in [2.24, 2.45) is 0 Å². The number of carbonyl (C=O) groups excluding carboxylic acids is 2. The van der Waals surface area contributed by atoms with Gasteiger partial charge < -0.3 is 21.1 Å². The Hall–Kier alpha value is -5.09. The van der Waals surface area contributed by atoms with E-state index in [4.69, 9.17) is 10.5 Å². The van der Waals surface area contributed by atoms with E-state index < -0.39 is 0 Å². The zero-order valence-corrected chi connectivity index (χ0v) is 22.9. The summed E-state index contributed by atoms with van der Waals surface area (Å²) in [6, 6.07) is 15.3. The van der Waals surface area contributed by atoms with Gasteiger partial charge in [0.05, 0.1) is 10.3 Å². The van der Waals surface area contributed by atoms with Gasteiger partial charge in [0, 0.05) is 52.2 Å². The Labute approximate surface area is 234 Å². The summed E-state index contributed by atoms with van der Waals surface area (Å²) in [7, 11) is 1.57. The van der Waals surface area contributed by atoms with Gasteiger partial charge in [0.2, 0.25) is 5.91 Å². The Morgan fingerprint density at radius 2 is 1.85 bits per heavy atom. The van der Waals surface area contributed by atoms with Crippen LogP contribution in [0.25, 0.3) is 31.7 Å². The lowest BCUT2D eigenvalue weighted by Crippen LogP contribution is -2.18. The molecule has 0 fully saturated rings. The van der Waals surface area contributed by atoms with Gasteiger partial charge in [-0.15, -0.1) is 11.3 Å². The smallest absolute Gasteiger partial charge is 0.322 e. The maximum Gasteiger partial charge on any atom is 0.322 e. The summed E-state index contributed by atoms with van der Waals surface area (Å²) >= 11 is 1.41. The zero-order chi connectivity index (χ0) is 28.4. The molecule has 0 atom stereocenters. The summed E-state index contributed by atoms with van der Waals surface area (Å²) in [5.74, 6) is 0.240. The maximum absolute atomic E-state index is 12.8. The number of thiophene rings is 1. The minimum absolute atomic E-state index is 0.250. The number of nitrogens with one attached hydrogen (secondary N) is 2. The van der Waals surface area contributed by atoms with Gasteiger partial charge >= 0.3 is 6.01 Å². The summed E-state index contributed by atoms with van der Waals surface area (Å²) < 4.78 is 6.53. The highest BCUT2D eigenvalue weighted by Gasteiger charge is 2.24. The average Bonchev–Trinajstić information content (AvgIpc) is 3.34. The molecule has 0 aliphatic heterocycles. The summed E-state index contributed by atoms with van der Waals surface area (Å²) in [6.45, 7) is 7.39. The van der Waals surface area contributed by atoms with Gasteiger partial charge in [0.25, 0.3) is 5.91 Å². The van der Waals surface area contributed by atoms with E-state index in [1.807, 2.05) is 56.3 Å². The lowest BCUT2D eigenvalue weighted by atomic mass is 9.97. The first kappa shape index (κ1) is 26.5. The van der Waals surface area contributed by atoms with Crippen LogP contribution in [0.15, 0.2) is 73.6 Å². The van der Waals surface area contributed by atoms with Crippen LogP contribution in [0.1, 0.15) is 21.6 Å². The van der Waals surface area contributed by atoms with Gasteiger partial charge in [0.15, 0.2) is 0 Å². The number of nitrogens with two attached hydrogens (primary N) is 1. The molecule has 200 valence electrons. The number of aromatic nitrogens is 3. The first-order valence-electron chi connectivity index (χ1n) is 12.3. The van der Waals surface area contributed by atoms with Crippen molar-refractivity contribution >= 4 is 44.7 Å². The molecule has 0 aliphatic carbocycles. The maximum atomic E-state index is 12.8. The number of nitrogen functional groups attached to an aromatic ring is 1. The second kappa shape index (κ2) is 11.0. The first-order valence-corrected chi connectivity index (χ1v) is 13.2. The quantitative estimate of drug-likeness (QED) is 0.215. The predicted molar refractivity (Wildman–Crippen MR) is 159 cm³/mol. The van der Waals surface area contributed by atoms with Crippen LogP contribution in [0.2, 0.25) is 0 Å². The van der Waals surface area contributed by atoms with E-state index in [0.29, 0.717) is 27.1 Å². The van der Waals surface area contributed by atoms with Crippen molar-refractivity contribution in [2.75, 3.05) is 18.1 Å². The van der Waals surface area contributed by atoms with E-state index in [1.54, 1.807) is 19.3 Å². The van der Waals surface area contributed by atoms with Crippen LogP contribution >= 0.6 is 11.3 Å². The number of pyridine rings is 1. The van der Waals surface area contributed by atoms with Crippen LogP contribution in [0, 0.1) is 13.8 Å². The number of benzene rings is 2. The van der Waals surface area contributed by atoms with E-state index in [1.165, 1.54) is 23.6 Å². The van der Waals surface area contributed by atoms with E-state index in [-0.39, 0.29) is 23.6 Å². The Morgan fingerprint density at radius 1 is 1.07 bits per heavy atom. The Morgan fingerprint density at radius 3 is 2.55 bits per heavy atom. The molecule has 10 heteroatoms. The van der Waals surface area contributed by atoms with E-state index >= 15 is 0 Å². The van der Waals surface area contributed by atoms with Crippen LogP contribution in [0.4, 0.5) is 11.5 Å². The van der Waals surface area contributed by atoms with Crippen molar-refractivity contribution < 1.29 is 14.3 Å². The van der Waals surface area contributed by atoms with Gasteiger partial charge in [-0.25, -0.2) is 15.0 Å². The number of hydrogen-bond acceptors (Lipinski definition) is 8. The highest BCUT2D eigenvalue weighted by Crippen LogP contribution is 2.49. The molecular weight excluding hydrogens is 524 g/mol. The Kier molecular flexibility index (Phi) is 7.26. The molecule has 3 heterocycles. The number of hydrogen-bond donors (Lipinski definition) is 3. The molecule has 0 bridgehead atoms. The lowest BCUT2D eigenvalue weighted by molar-refractivity contribution is -0.111. The highest BCUT2D eigenvalue weighted by molar-refractivity contribution is 7.23. The number of carbonyl (C=O) groups is 2. The van der Waals surface area contributed by atoms with Crippen LogP contribution in [0.3, 0.4) is 0 Å². The molecular formula is C30H26N6O3S. The number of rotatable bonds is 7. The van der Waals surface area contributed by atoms with Crippen molar-refractivity contribution in [1.29, 1.82) is 0 Å². The minimum Gasteiger partial charge on any atom is -0.424 e. The van der Waals surface area contributed by atoms with Gasteiger partial charge in [-0.2, -0.15) is 0 Å². The molecule has 0 unspecified atom stereocenters. The fourth-order valence-electron chi connectivity index (χ4n) is 4.30. The minimum atomic E-state index is -0.332. The van der Waals surface area contributed by atoms with Crippen LogP contribution < -0.4 is 21.1 Å². The van der Waals surface area contributed by atoms with E-state index in [2.05, 4.69) is 32.2 Å². The third-order valence-corrected chi connectivity index (χ3v) is 7.46. The largest absolute Gasteiger partial charge is 0.424 e. The molecule has 3 aromatic heterocycles. The Balaban J connectivity index is 1.72. The molecule has 0 saturated heterocycles. The summed E-state index contributed by atoms with van der Waals surface area (Å²) in [6.07, 6.45) is 4.34. The van der Waals surface area contributed by atoms with Crippen molar-refractivity contribution in [1.82, 2.24) is 20.3 Å². The predicted octanol–water partition coefficient (Wildman–Crippen LogP) is 5.90. The number of anilines is 2. The highest BCUT2D eigenvalue weighted by atomic mass is 32.1. The number of fused-ring (bicyclic) bond motifs is 1. The van der Waals surface area contributed by atoms with Gasteiger partial charge in [-0.1, -0.05) is 30.8 Å². The third kappa shape index (κ3) is 5.12.